The van der Waals surface area contributed by atoms with Crippen molar-refractivity contribution in [3.05, 3.63) is 33.9 Å². The van der Waals surface area contributed by atoms with Gasteiger partial charge in [0, 0.05) is 49.7 Å². The first-order chi connectivity index (χ1) is 13.3. The van der Waals surface area contributed by atoms with Crippen LogP contribution in [0.1, 0.15) is 12.1 Å². The first-order valence-electron chi connectivity index (χ1n) is 8.73. The van der Waals surface area contributed by atoms with Gasteiger partial charge in [-0.15, -0.1) is 0 Å². The molecule has 2 aliphatic heterocycles. The van der Waals surface area contributed by atoms with Gasteiger partial charge in [0.25, 0.3) is 0 Å². The highest BCUT2D eigenvalue weighted by Gasteiger charge is 2.48. The lowest BCUT2D eigenvalue weighted by atomic mass is 9.79. The minimum absolute atomic E-state index is 0.0579. The van der Waals surface area contributed by atoms with E-state index in [1.165, 1.54) is 6.20 Å². The zero-order valence-electron chi connectivity index (χ0n) is 14.5. The van der Waals surface area contributed by atoms with E-state index in [1.54, 1.807) is 12.3 Å². The lowest BCUT2D eigenvalue weighted by molar-refractivity contribution is -0.141. The number of anilines is 2. The van der Waals surface area contributed by atoms with Gasteiger partial charge in [-0.1, -0.05) is 0 Å². The minimum atomic E-state index is -4.43. The summed E-state index contributed by atoms with van der Waals surface area (Å²) in [5.41, 5.74) is 0.482. The molecule has 1 spiro atoms. The maximum absolute atomic E-state index is 12.9. The molecule has 3 aromatic heterocycles. The Labute approximate surface area is 171 Å². The zero-order chi connectivity index (χ0) is 19.5. The van der Waals surface area contributed by atoms with Crippen molar-refractivity contribution in [1.82, 2.24) is 25.1 Å². The molecular weight excluding hydrogens is 486 g/mol. The summed E-state index contributed by atoms with van der Waals surface area (Å²) in [5, 5.41) is 7.94. The molecule has 146 valence electrons. The Hall–Kier alpha value is -2.18. The summed E-state index contributed by atoms with van der Waals surface area (Å²) in [6.07, 6.45) is -0.471. The van der Waals surface area contributed by atoms with Gasteiger partial charge in [0.05, 0.1) is 5.39 Å². The highest BCUT2D eigenvalue weighted by atomic mass is 127. The second-order valence-electron chi connectivity index (χ2n) is 7.37. The van der Waals surface area contributed by atoms with E-state index in [4.69, 9.17) is 0 Å². The number of aromatic nitrogens is 5. The average Bonchev–Trinajstić information content (AvgIpc) is 3.24. The Kier molecular flexibility index (Phi) is 3.93. The van der Waals surface area contributed by atoms with E-state index in [1.807, 2.05) is 4.90 Å². The highest BCUT2D eigenvalue weighted by Crippen LogP contribution is 2.43. The van der Waals surface area contributed by atoms with Gasteiger partial charge in [0.1, 0.15) is 9.39 Å². The van der Waals surface area contributed by atoms with Gasteiger partial charge >= 0.3 is 6.18 Å². The Morgan fingerprint density at radius 1 is 1.14 bits per heavy atom. The van der Waals surface area contributed by atoms with Crippen molar-refractivity contribution < 1.29 is 13.2 Å². The van der Waals surface area contributed by atoms with Crippen LogP contribution in [0.4, 0.5) is 24.8 Å². The Morgan fingerprint density at radius 3 is 2.71 bits per heavy atom. The maximum atomic E-state index is 12.9. The van der Waals surface area contributed by atoms with Gasteiger partial charge < -0.3 is 9.80 Å². The van der Waals surface area contributed by atoms with Crippen molar-refractivity contribution in [1.29, 1.82) is 0 Å². The van der Waals surface area contributed by atoms with Crippen molar-refractivity contribution in [3.8, 4) is 0 Å². The molecule has 7 nitrogen and oxygen atoms in total. The summed E-state index contributed by atoms with van der Waals surface area (Å²) < 4.78 is 39.5. The fourth-order valence-corrected chi connectivity index (χ4v) is 4.52. The number of nitrogens with one attached hydrogen (secondary N) is 1. The number of aromatic amines is 1. The van der Waals surface area contributed by atoms with Crippen LogP contribution in [0.15, 0.2) is 24.5 Å². The molecule has 0 aromatic carbocycles. The third-order valence-electron chi connectivity index (χ3n) is 5.43. The monoisotopic (exact) mass is 501 g/mol. The number of hydrogen-bond acceptors (Lipinski definition) is 6. The third kappa shape index (κ3) is 2.95. The summed E-state index contributed by atoms with van der Waals surface area (Å²) in [4.78, 5) is 16.6. The predicted octanol–water partition coefficient (Wildman–Crippen LogP) is 3.09. The number of fused-ring (bicyclic) bond motifs is 1. The van der Waals surface area contributed by atoms with Gasteiger partial charge in [-0.05, 0) is 41.1 Å². The van der Waals surface area contributed by atoms with Crippen LogP contribution in [-0.2, 0) is 6.18 Å². The number of halogens is 4. The fourth-order valence-electron chi connectivity index (χ4n) is 4.00. The van der Waals surface area contributed by atoms with Crippen LogP contribution in [0.25, 0.3) is 11.0 Å². The molecule has 2 saturated heterocycles. The van der Waals surface area contributed by atoms with E-state index < -0.39 is 11.9 Å². The van der Waals surface area contributed by atoms with Gasteiger partial charge in [-0.3, -0.25) is 10.1 Å². The molecule has 2 fully saturated rings. The summed E-state index contributed by atoms with van der Waals surface area (Å²) in [6, 6.07) is 2.75. The molecule has 0 unspecified atom stereocenters. The number of pyridine rings is 1. The Morgan fingerprint density at radius 2 is 1.93 bits per heavy atom. The first kappa shape index (κ1) is 17.9. The van der Waals surface area contributed by atoms with Crippen LogP contribution in [0.5, 0.6) is 0 Å². The number of H-pyrrole nitrogens is 1. The summed E-state index contributed by atoms with van der Waals surface area (Å²) in [7, 11) is 0. The van der Waals surface area contributed by atoms with Crippen LogP contribution in [0, 0.1) is 9.12 Å². The molecule has 0 atom stereocenters. The van der Waals surface area contributed by atoms with Crippen molar-refractivity contribution in [2.45, 2.75) is 12.6 Å². The summed E-state index contributed by atoms with van der Waals surface area (Å²) >= 11 is 2.13. The standard InChI is InChI=1S/C17H15F3IN7/c18-17(19,20)12-5-10(1-3-22-12)28-8-16(9-28)2-4-27(7-16)15-23-6-11-13(21)25-26-14(11)24-15/h1,3,5-6H,2,4,7-9H2,(H,23,24,25,26). The summed E-state index contributed by atoms with van der Waals surface area (Å²) in [5.74, 6) is 0.658. The van der Waals surface area contributed by atoms with E-state index in [-0.39, 0.29) is 5.41 Å². The lowest BCUT2D eigenvalue weighted by Crippen LogP contribution is -2.57. The van der Waals surface area contributed by atoms with E-state index >= 15 is 0 Å². The van der Waals surface area contributed by atoms with Crippen molar-refractivity contribution >= 4 is 45.3 Å². The Balaban J connectivity index is 1.29. The molecule has 0 amide bonds. The largest absolute Gasteiger partial charge is 0.433 e. The molecule has 0 bridgehead atoms. The van der Waals surface area contributed by atoms with E-state index in [9.17, 15) is 13.2 Å². The Bertz CT molecular complexity index is 1040. The summed E-state index contributed by atoms with van der Waals surface area (Å²) in [6.45, 7) is 3.05. The number of alkyl halides is 3. The van der Waals surface area contributed by atoms with E-state index in [0.29, 0.717) is 17.3 Å². The zero-order valence-corrected chi connectivity index (χ0v) is 16.7. The first-order valence-corrected chi connectivity index (χ1v) is 9.81. The maximum Gasteiger partial charge on any atom is 0.433 e. The molecule has 0 aliphatic carbocycles. The fraction of sp³-hybridized carbons (Fsp3) is 0.412. The molecule has 0 saturated carbocycles. The van der Waals surface area contributed by atoms with Crippen LogP contribution in [-0.4, -0.2) is 51.3 Å². The number of rotatable bonds is 2. The number of hydrogen-bond donors (Lipinski definition) is 1. The minimum Gasteiger partial charge on any atom is -0.370 e. The number of nitrogens with zero attached hydrogens (tertiary/aromatic N) is 6. The normalized spacial score (nSPS) is 18.9. The smallest absolute Gasteiger partial charge is 0.370 e. The SMILES string of the molecule is FC(F)(F)c1cc(N2CC3(CCN(c4ncc5c(I)n[nH]c5n4)C3)C2)ccn1. The predicted molar refractivity (Wildman–Crippen MR) is 105 cm³/mol. The van der Waals surface area contributed by atoms with E-state index in [2.05, 4.69) is 52.6 Å². The molecule has 5 rings (SSSR count). The molecule has 11 heteroatoms. The molecule has 3 aromatic rings. The van der Waals surface area contributed by atoms with Crippen LogP contribution < -0.4 is 9.80 Å². The third-order valence-corrected chi connectivity index (χ3v) is 6.25. The van der Waals surface area contributed by atoms with Gasteiger partial charge in [0.15, 0.2) is 5.65 Å². The average molecular weight is 501 g/mol. The van der Waals surface area contributed by atoms with Gasteiger partial charge in [-0.2, -0.15) is 23.3 Å². The van der Waals surface area contributed by atoms with Crippen LogP contribution in [0.3, 0.4) is 0 Å². The quantitative estimate of drug-likeness (QED) is 0.545. The van der Waals surface area contributed by atoms with Crippen molar-refractivity contribution in [2.24, 2.45) is 5.41 Å². The molecule has 28 heavy (non-hydrogen) atoms. The molecule has 5 heterocycles. The second-order valence-corrected chi connectivity index (χ2v) is 8.39. The second kappa shape index (κ2) is 6.16. The van der Waals surface area contributed by atoms with Gasteiger partial charge in [0.2, 0.25) is 5.95 Å². The van der Waals surface area contributed by atoms with Crippen LogP contribution >= 0.6 is 22.6 Å². The van der Waals surface area contributed by atoms with E-state index in [0.717, 1.165) is 47.8 Å². The van der Waals surface area contributed by atoms with Crippen molar-refractivity contribution in [3.63, 3.8) is 0 Å². The highest BCUT2D eigenvalue weighted by molar-refractivity contribution is 14.1. The van der Waals surface area contributed by atoms with Gasteiger partial charge in [-0.25, -0.2) is 4.98 Å². The molecule has 0 radical (unpaired) electrons. The topological polar surface area (TPSA) is 73.8 Å². The lowest BCUT2D eigenvalue weighted by Gasteiger charge is -2.49. The molecule has 2 aliphatic rings. The van der Waals surface area contributed by atoms with Crippen LogP contribution in [0.2, 0.25) is 0 Å². The molecule has 1 N–H and O–H groups in total. The van der Waals surface area contributed by atoms with Crippen molar-refractivity contribution in [2.75, 3.05) is 36.0 Å². The molecular formula is C17H15F3IN7.